The van der Waals surface area contributed by atoms with Gasteiger partial charge in [0.15, 0.2) is 0 Å². The first-order valence-corrected chi connectivity index (χ1v) is 10.0. The molecule has 2 unspecified atom stereocenters. The molecule has 1 heterocycles. The molecule has 0 radical (unpaired) electrons. The standard InChI is InChI=1S/C16H20N2O3P2/c1-11-4-6-12(7-5-11)13(9-19)8-14-15(20-22-2)16(21-23-3)18-10-17-14/h4-7,9-10,13,22-23H,8H2,1-3H3/t13-/m1/s1. The van der Waals surface area contributed by atoms with E-state index in [0.29, 0.717) is 23.7 Å². The molecule has 0 aliphatic heterocycles. The number of hydrogen-bond acceptors (Lipinski definition) is 5. The highest BCUT2D eigenvalue weighted by molar-refractivity contribution is 7.32. The van der Waals surface area contributed by atoms with Crippen LogP contribution >= 0.6 is 17.6 Å². The van der Waals surface area contributed by atoms with Crippen molar-refractivity contribution in [3.63, 3.8) is 0 Å². The van der Waals surface area contributed by atoms with Gasteiger partial charge in [-0.1, -0.05) is 29.8 Å². The molecule has 0 bridgehead atoms. The van der Waals surface area contributed by atoms with Crippen LogP contribution in [0.3, 0.4) is 0 Å². The molecule has 0 aliphatic rings. The maximum absolute atomic E-state index is 11.6. The van der Waals surface area contributed by atoms with Gasteiger partial charge in [-0.2, -0.15) is 4.98 Å². The van der Waals surface area contributed by atoms with Crippen LogP contribution in [0.15, 0.2) is 30.6 Å². The average molecular weight is 350 g/mol. The number of aldehydes is 1. The summed E-state index contributed by atoms with van der Waals surface area (Å²) < 4.78 is 11.2. The van der Waals surface area contributed by atoms with Crippen molar-refractivity contribution in [2.45, 2.75) is 19.3 Å². The molecule has 0 N–H and O–H groups in total. The number of rotatable bonds is 8. The topological polar surface area (TPSA) is 61.3 Å². The van der Waals surface area contributed by atoms with E-state index in [1.807, 2.05) is 44.5 Å². The van der Waals surface area contributed by atoms with Crippen LogP contribution in [-0.2, 0) is 11.2 Å². The van der Waals surface area contributed by atoms with Gasteiger partial charge in [0, 0.05) is 12.3 Å². The Morgan fingerprint density at radius 1 is 1.13 bits per heavy atom. The molecule has 0 saturated heterocycles. The van der Waals surface area contributed by atoms with Crippen molar-refractivity contribution in [1.82, 2.24) is 9.97 Å². The zero-order valence-electron chi connectivity index (χ0n) is 13.4. The molecule has 2 rings (SSSR count). The largest absolute Gasteiger partial charge is 0.470 e. The fourth-order valence-corrected chi connectivity index (χ4v) is 2.93. The van der Waals surface area contributed by atoms with Crippen LogP contribution in [0.2, 0.25) is 0 Å². The number of benzene rings is 1. The summed E-state index contributed by atoms with van der Waals surface area (Å²) in [6.45, 7) is 5.86. The minimum atomic E-state index is -0.273. The minimum Gasteiger partial charge on any atom is -0.470 e. The fourth-order valence-electron chi connectivity index (χ4n) is 2.18. The monoisotopic (exact) mass is 350 g/mol. The van der Waals surface area contributed by atoms with Crippen molar-refractivity contribution in [2.75, 3.05) is 13.3 Å². The van der Waals surface area contributed by atoms with Crippen molar-refractivity contribution in [3.05, 3.63) is 47.4 Å². The fraction of sp³-hybridized carbons (Fsp3) is 0.312. The van der Waals surface area contributed by atoms with E-state index in [9.17, 15) is 4.79 Å². The van der Waals surface area contributed by atoms with Gasteiger partial charge in [-0.05, 0) is 25.8 Å². The summed E-state index contributed by atoms with van der Waals surface area (Å²) in [5, 5.41) is 0. The summed E-state index contributed by atoms with van der Waals surface area (Å²) in [5.74, 6) is 0.713. The molecule has 23 heavy (non-hydrogen) atoms. The summed E-state index contributed by atoms with van der Waals surface area (Å²) in [5.41, 5.74) is 2.82. The summed E-state index contributed by atoms with van der Waals surface area (Å²) in [7, 11) is 0.512. The van der Waals surface area contributed by atoms with E-state index in [1.165, 1.54) is 6.33 Å². The van der Waals surface area contributed by atoms with E-state index >= 15 is 0 Å². The van der Waals surface area contributed by atoms with Crippen molar-refractivity contribution in [3.8, 4) is 11.6 Å². The highest BCUT2D eigenvalue weighted by Crippen LogP contribution is 2.36. The normalized spacial score (nSPS) is 12.8. The summed E-state index contributed by atoms with van der Waals surface area (Å²) in [6, 6.07) is 7.96. The van der Waals surface area contributed by atoms with E-state index in [4.69, 9.17) is 9.05 Å². The van der Waals surface area contributed by atoms with Gasteiger partial charge in [0.05, 0.1) is 23.3 Å². The number of nitrogens with zero attached hydrogens (tertiary/aromatic N) is 2. The van der Waals surface area contributed by atoms with Gasteiger partial charge in [0.2, 0.25) is 5.75 Å². The Labute approximate surface area is 140 Å². The number of carbonyl (C=O) groups excluding carboxylic acids is 1. The van der Waals surface area contributed by atoms with Crippen molar-refractivity contribution >= 4 is 23.9 Å². The first-order chi connectivity index (χ1) is 11.2. The van der Waals surface area contributed by atoms with Gasteiger partial charge in [0.25, 0.3) is 5.88 Å². The maximum atomic E-state index is 11.6. The maximum Gasteiger partial charge on any atom is 0.263 e. The average Bonchev–Trinajstić information content (AvgIpc) is 2.56. The van der Waals surface area contributed by atoms with Crippen LogP contribution in [-0.4, -0.2) is 29.6 Å². The SMILES string of the molecule is CPOc1ncnc(C[C@H](C=O)c2ccc(C)cc2)c1OPC. The van der Waals surface area contributed by atoms with Crippen LogP contribution in [0.5, 0.6) is 11.6 Å². The third kappa shape index (κ3) is 4.70. The molecule has 0 fully saturated rings. The van der Waals surface area contributed by atoms with Crippen LogP contribution in [0, 0.1) is 6.92 Å². The molecule has 0 saturated carbocycles. The Morgan fingerprint density at radius 2 is 1.83 bits per heavy atom. The highest BCUT2D eigenvalue weighted by atomic mass is 31.1. The number of aryl methyl sites for hydroxylation is 1. The van der Waals surface area contributed by atoms with Crippen molar-refractivity contribution < 1.29 is 13.8 Å². The first-order valence-electron chi connectivity index (χ1n) is 7.22. The lowest BCUT2D eigenvalue weighted by Gasteiger charge is -2.15. The third-order valence-corrected chi connectivity index (χ3v) is 4.14. The van der Waals surface area contributed by atoms with Gasteiger partial charge >= 0.3 is 0 Å². The predicted molar refractivity (Wildman–Crippen MR) is 95.5 cm³/mol. The van der Waals surface area contributed by atoms with Gasteiger partial charge in [-0.3, -0.25) is 0 Å². The second-order valence-corrected chi connectivity index (χ2v) is 6.15. The lowest BCUT2D eigenvalue weighted by Crippen LogP contribution is -2.08. The number of hydrogen-bond donors (Lipinski definition) is 0. The molecule has 7 heteroatoms. The lowest BCUT2D eigenvalue weighted by molar-refractivity contribution is -0.109. The smallest absolute Gasteiger partial charge is 0.263 e. The molecule has 2 aromatic rings. The van der Waals surface area contributed by atoms with Crippen molar-refractivity contribution in [2.24, 2.45) is 0 Å². The Balaban J connectivity index is 2.31. The zero-order chi connectivity index (χ0) is 16.7. The van der Waals surface area contributed by atoms with Gasteiger partial charge in [-0.25, -0.2) is 4.98 Å². The molecule has 0 amide bonds. The Morgan fingerprint density at radius 3 is 2.43 bits per heavy atom. The summed E-state index contributed by atoms with van der Waals surface area (Å²) >= 11 is 0. The van der Waals surface area contributed by atoms with Gasteiger partial charge in [0.1, 0.15) is 12.6 Å². The van der Waals surface area contributed by atoms with E-state index in [-0.39, 0.29) is 23.5 Å². The lowest BCUT2D eigenvalue weighted by atomic mass is 9.94. The Kier molecular flexibility index (Phi) is 6.88. The Bertz CT molecular complexity index is 650. The second-order valence-electron chi connectivity index (χ2n) is 4.92. The number of carbonyl (C=O) groups is 1. The zero-order valence-corrected chi connectivity index (χ0v) is 15.4. The first kappa shape index (κ1) is 17.8. The number of aromatic nitrogens is 2. The molecule has 3 atom stereocenters. The molecule has 122 valence electrons. The second kappa shape index (κ2) is 8.90. The summed E-state index contributed by atoms with van der Waals surface area (Å²) in [6.07, 6.45) is 2.86. The van der Waals surface area contributed by atoms with Crippen molar-refractivity contribution in [1.29, 1.82) is 0 Å². The third-order valence-electron chi connectivity index (χ3n) is 3.33. The van der Waals surface area contributed by atoms with Crippen LogP contribution in [0.1, 0.15) is 22.7 Å². The van der Waals surface area contributed by atoms with Crippen LogP contribution in [0.25, 0.3) is 0 Å². The van der Waals surface area contributed by atoms with E-state index in [1.54, 1.807) is 0 Å². The van der Waals surface area contributed by atoms with E-state index < -0.39 is 0 Å². The molecular weight excluding hydrogens is 330 g/mol. The molecular formula is C16H20N2O3P2. The van der Waals surface area contributed by atoms with E-state index in [0.717, 1.165) is 17.4 Å². The van der Waals surface area contributed by atoms with Gasteiger partial charge < -0.3 is 13.8 Å². The summed E-state index contributed by atoms with van der Waals surface area (Å²) in [4.78, 5) is 20.0. The Hall–Kier alpha value is -1.57. The molecule has 1 aromatic carbocycles. The predicted octanol–water partition coefficient (Wildman–Crippen LogP) is 3.51. The van der Waals surface area contributed by atoms with Gasteiger partial charge in [-0.15, -0.1) is 0 Å². The highest BCUT2D eigenvalue weighted by Gasteiger charge is 2.19. The molecule has 5 nitrogen and oxygen atoms in total. The van der Waals surface area contributed by atoms with Crippen LogP contribution in [0.4, 0.5) is 0 Å². The van der Waals surface area contributed by atoms with Crippen LogP contribution < -0.4 is 9.05 Å². The molecule has 0 spiro atoms. The van der Waals surface area contributed by atoms with E-state index in [2.05, 4.69) is 9.97 Å². The quantitative estimate of drug-likeness (QED) is 0.539. The molecule has 0 aliphatic carbocycles. The minimum absolute atomic E-state index is 0.249. The molecule has 1 aromatic heterocycles.